The summed E-state index contributed by atoms with van der Waals surface area (Å²) >= 11 is 0. The van der Waals surface area contributed by atoms with Crippen LogP contribution in [0.25, 0.3) is 0 Å². The fraction of sp³-hybridized carbons (Fsp3) is 0.600. The molecule has 1 aliphatic carbocycles. The van der Waals surface area contributed by atoms with Crippen LogP contribution in [0, 0.1) is 23.6 Å². The summed E-state index contributed by atoms with van der Waals surface area (Å²) in [4.78, 5) is 25.8. The highest BCUT2D eigenvalue weighted by atomic mass is 19.1. The summed E-state index contributed by atoms with van der Waals surface area (Å²) in [6.45, 7) is 3.15. The smallest absolute Gasteiger partial charge is 0.308 e. The maximum Gasteiger partial charge on any atom is 0.308 e. The van der Waals surface area contributed by atoms with Crippen molar-refractivity contribution < 1.29 is 19.1 Å². The molecule has 1 aromatic rings. The highest BCUT2D eigenvalue weighted by molar-refractivity contribution is 5.79. The SMILES string of the molecule is C[C@@H]1CN(CC(=O)NC(c2ccc(F)cc2)C2CCCC2)C[C@H]1C(=O)O. The fourth-order valence-corrected chi connectivity index (χ4v) is 4.37. The summed E-state index contributed by atoms with van der Waals surface area (Å²) in [7, 11) is 0. The number of rotatable bonds is 6. The lowest BCUT2D eigenvalue weighted by atomic mass is 9.91. The number of hydrogen-bond acceptors (Lipinski definition) is 3. The molecule has 0 aromatic heterocycles. The van der Waals surface area contributed by atoms with Crippen LogP contribution in [0.15, 0.2) is 24.3 Å². The van der Waals surface area contributed by atoms with Gasteiger partial charge in [-0.25, -0.2) is 4.39 Å². The van der Waals surface area contributed by atoms with E-state index in [1.807, 2.05) is 11.8 Å². The van der Waals surface area contributed by atoms with E-state index in [9.17, 15) is 19.1 Å². The molecule has 5 nitrogen and oxygen atoms in total. The molecule has 1 aliphatic heterocycles. The van der Waals surface area contributed by atoms with E-state index in [0.717, 1.165) is 31.2 Å². The number of carbonyl (C=O) groups excluding carboxylic acids is 1. The third-order valence-electron chi connectivity index (χ3n) is 5.79. The van der Waals surface area contributed by atoms with Gasteiger partial charge in [0.2, 0.25) is 5.91 Å². The van der Waals surface area contributed by atoms with E-state index in [1.54, 1.807) is 12.1 Å². The van der Waals surface area contributed by atoms with Crippen molar-refractivity contribution in [2.75, 3.05) is 19.6 Å². The van der Waals surface area contributed by atoms with Crippen LogP contribution >= 0.6 is 0 Å². The van der Waals surface area contributed by atoms with Gasteiger partial charge < -0.3 is 10.4 Å². The van der Waals surface area contributed by atoms with Crippen molar-refractivity contribution in [3.63, 3.8) is 0 Å². The third-order valence-corrected chi connectivity index (χ3v) is 5.79. The zero-order valence-corrected chi connectivity index (χ0v) is 15.2. The molecule has 26 heavy (non-hydrogen) atoms. The molecule has 3 atom stereocenters. The molecule has 1 unspecified atom stereocenters. The van der Waals surface area contributed by atoms with Crippen LogP contribution in [0.2, 0.25) is 0 Å². The molecule has 1 saturated carbocycles. The number of carboxylic acids is 1. The van der Waals surface area contributed by atoms with E-state index in [1.165, 1.54) is 12.1 Å². The molecule has 3 rings (SSSR count). The number of nitrogens with one attached hydrogen (secondary N) is 1. The van der Waals surface area contributed by atoms with Crippen LogP contribution in [0.1, 0.15) is 44.2 Å². The van der Waals surface area contributed by atoms with Crippen molar-refractivity contribution in [3.05, 3.63) is 35.6 Å². The number of carbonyl (C=O) groups is 2. The van der Waals surface area contributed by atoms with Gasteiger partial charge in [-0.1, -0.05) is 31.9 Å². The Hall–Kier alpha value is -1.95. The second-order valence-corrected chi connectivity index (χ2v) is 7.76. The van der Waals surface area contributed by atoms with Crippen LogP contribution in [0.3, 0.4) is 0 Å². The van der Waals surface area contributed by atoms with E-state index in [2.05, 4.69) is 5.32 Å². The Morgan fingerprint density at radius 3 is 2.46 bits per heavy atom. The first-order valence-electron chi connectivity index (χ1n) is 9.44. The average Bonchev–Trinajstić information content (AvgIpc) is 3.23. The Morgan fingerprint density at radius 1 is 1.23 bits per heavy atom. The average molecular weight is 362 g/mol. The van der Waals surface area contributed by atoms with E-state index in [4.69, 9.17) is 0 Å². The number of carboxylic acid groups (broad SMARTS) is 1. The van der Waals surface area contributed by atoms with Crippen LogP contribution < -0.4 is 5.32 Å². The number of aliphatic carboxylic acids is 1. The van der Waals surface area contributed by atoms with Crippen molar-refractivity contribution in [2.45, 2.75) is 38.6 Å². The maximum atomic E-state index is 13.3. The Morgan fingerprint density at radius 2 is 1.88 bits per heavy atom. The summed E-state index contributed by atoms with van der Waals surface area (Å²) in [5.74, 6) is -1.17. The Bertz CT molecular complexity index is 643. The molecule has 1 saturated heterocycles. The van der Waals surface area contributed by atoms with Crippen LogP contribution in [0.4, 0.5) is 4.39 Å². The number of halogens is 1. The van der Waals surface area contributed by atoms with Gasteiger partial charge in [-0.05, 0) is 42.4 Å². The summed E-state index contributed by atoms with van der Waals surface area (Å²) in [5, 5.41) is 12.4. The van der Waals surface area contributed by atoms with Crippen molar-refractivity contribution in [2.24, 2.45) is 17.8 Å². The monoisotopic (exact) mass is 362 g/mol. The molecular formula is C20H27FN2O3. The molecule has 1 aromatic carbocycles. The summed E-state index contributed by atoms with van der Waals surface area (Å²) < 4.78 is 13.3. The minimum atomic E-state index is -0.796. The van der Waals surface area contributed by atoms with Gasteiger partial charge in [0, 0.05) is 13.1 Å². The van der Waals surface area contributed by atoms with E-state index in [0.29, 0.717) is 19.0 Å². The molecule has 1 amide bonds. The van der Waals surface area contributed by atoms with Gasteiger partial charge in [0.1, 0.15) is 5.82 Å². The van der Waals surface area contributed by atoms with Crippen LogP contribution in [-0.2, 0) is 9.59 Å². The van der Waals surface area contributed by atoms with Crippen molar-refractivity contribution in [1.82, 2.24) is 10.2 Å². The van der Waals surface area contributed by atoms with Gasteiger partial charge in [-0.3, -0.25) is 14.5 Å². The molecule has 2 N–H and O–H groups in total. The first-order chi connectivity index (χ1) is 12.4. The standard InChI is InChI=1S/C20H27FN2O3/c1-13-10-23(11-17(13)20(25)26)12-18(24)22-19(14-4-2-3-5-14)15-6-8-16(21)9-7-15/h6-9,13-14,17,19H,2-5,10-12H2,1H3,(H,22,24)(H,25,26)/t13-,17-,19?/m1/s1. The fourth-order valence-electron chi connectivity index (χ4n) is 4.37. The van der Waals surface area contributed by atoms with E-state index < -0.39 is 11.9 Å². The highest BCUT2D eigenvalue weighted by Crippen LogP contribution is 2.35. The van der Waals surface area contributed by atoms with Crippen molar-refractivity contribution >= 4 is 11.9 Å². The molecule has 0 spiro atoms. The predicted molar refractivity (Wildman–Crippen MR) is 96.0 cm³/mol. The van der Waals surface area contributed by atoms with Crippen molar-refractivity contribution in [1.29, 1.82) is 0 Å². The largest absolute Gasteiger partial charge is 0.481 e. The minimum absolute atomic E-state index is 0.0445. The zero-order chi connectivity index (χ0) is 18.7. The lowest BCUT2D eigenvalue weighted by molar-refractivity contribution is -0.142. The molecule has 1 heterocycles. The van der Waals surface area contributed by atoms with Crippen LogP contribution in [-0.4, -0.2) is 41.5 Å². The quantitative estimate of drug-likeness (QED) is 0.816. The molecule has 0 radical (unpaired) electrons. The normalized spacial score (nSPS) is 25.3. The van der Waals surface area contributed by atoms with Gasteiger partial charge in [-0.2, -0.15) is 0 Å². The topological polar surface area (TPSA) is 69.6 Å². The number of hydrogen-bond donors (Lipinski definition) is 2. The second-order valence-electron chi connectivity index (χ2n) is 7.76. The van der Waals surface area contributed by atoms with Gasteiger partial charge in [-0.15, -0.1) is 0 Å². The molecule has 6 heteroatoms. The molecule has 2 fully saturated rings. The summed E-state index contributed by atoms with van der Waals surface area (Å²) in [5.41, 5.74) is 0.935. The minimum Gasteiger partial charge on any atom is -0.481 e. The molecule has 142 valence electrons. The first kappa shape index (κ1) is 18.8. The third kappa shape index (κ3) is 4.41. The number of benzene rings is 1. The van der Waals surface area contributed by atoms with Crippen molar-refractivity contribution in [3.8, 4) is 0 Å². The Kier molecular flexibility index (Phi) is 5.91. The number of likely N-dealkylation sites (tertiary alicyclic amines) is 1. The molecule has 2 aliphatic rings. The predicted octanol–water partition coefficient (Wildman–Crippen LogP) is 2.83. The van der Waals surface area contributed by atoms with Gasteiger partial charge in [0.15, 0.2) is 0 Å². The van der Waals surface area contributed by atoms with E-state index in [-0.39, 0.29) is 30.2 Å². The van der Waals surface area contributed by atoms with Gasteiger partial charge in [0.25, 0.3) is 0 Å². The molecule has 0 bridgehead atoms. The van der Waals surface area contributed by atoms with Gasteiger partial charge >= 0.3 is 5.97 Å². The van der Waals surface area contributed by atoms with Gasteiger partial charge in [0.05, 0.1) is 18.5 Å². The van der Waals surface area contributed by atoms with Crippen LogP contribution in [0.5, 0.6) is 0 Å². The maximum absolute atomic E-state index is 13.3. The Labute approximate surface area is 153 Å². The number of amides is 1. The lowest BCUT2D eigenvalue weighted by Gasteiger charge is -2.26. The molecular weight excluding hydrogens is 335 g/mol. The summed E-state index contributed by atoms with van der Waals surface area (Å²) in [6, 6.07) is 6.25. The van der Waals surface area contributed by atoms with E-state index >= 15 is 0 Å². The zero-order valence-electron chi connectivity index (χ0n) is 15.2. The Balaban J connectivity index is 1.64. The highest BCUT2D eigenvalue weighted by Gasteiger charge is 2.36. The number of nitrogens with zero attached hydrogens (tertiary/aromatic N) is 1. The second kappa shape index (κ2) is 8.16. The first-order valence-corrected chi connectivity index (χ1v) is 9.44. The lowest BCUT2D eigenvalue weighted by Crippen LogP contribution is -2.40. The summed E-state index contributed by atoms with van der Waals surface area (Å²) in [6.07, 6.45) is 4.43.